The second-order valence-corrected chi connectivity index (χ2v) is 4.49. The molecule has 0 heterocycles. The van der Waals surface area contributed by atoms with E-state index in [0.29, 0.717) is 0 Å². The van der Waals surface area contributed by atoms with Gasteiger partial charge in [0.2, 0.25) is 0 Å². The Labute approximate surface area is 94.7 Å². The lowest BCUT2D eigenvalue weighted by Gasteiger charge is -2.44. The van der Waals surface area contributed by atoms with Gasteiger partial charge in [0.25, 0.3) is 0 Å². The van der Waals surface area contributed by atoms with Crippen molar-refractivity contribution < 1.29 is 0 Å². The topological polar surface area (TPSA) is 15.3 Å². The van der Waals surface area contributed by atoms with Gasteiger partial charge >= 0.3 is 0 Å². The highest BCUT2D eigenvalue weighted by Crippen LogP contribution is 2.31. The van der Waals surface area contributed by atoms with Gasteiger partial charge in [0, 0.05) is 12.6 Å². The molecule has 88 valence electrons. The summed E-state index contributed by atoms with van der Waals surface area (Å²) in [5, 5.41) is 3.54. The molecule has 1 fully saturated rings. The maximum Gasteiger partial charge on any atom is 0.0163 e. The first-order valence-corrected chi connectivity index (χ1v) is 6.39. The highest BCUT2D eigenvalue weighted by Gasteiger charge is 2.33. The van der Waals surface area contributed by atoms with Crippen molar-refractivity contribution in [1.29, 1.82) is 0 Å². The van der Waals surface area contributed by atoms with Crippen LogP contribution < -0.4 is 5.32 Å². The second-order valence-electron chi connectivity index (χ2n) is 4.49. The zero-order valence-electron chi connectivity index (χ0n) is 10.3. The predicted octanol–water partition coefficient (Wildman–Crippen LogP) is 2.27. The van der Waals surface area contributed by atoms with Gasteiger partial charge in [0.1, 0.15) is 0 Å². The van der Waals surface area contributed by atoms with E-state index in [-0.39, 0.29) is 0 Å². The molecule has 0 radical (unpaired) electrons. The van der Waals surface area contributed by atoms with Crippen LogP contribution in [-0.2, 0) is 0 Å². The largest absolute Gasteiger partial charge is 0.316 e. The zero-order chi connectivity index (χ0) is 11.1. The summed E-state index contributed by atoms with van der Waals surface area (Å²) in [6.45, 7) is 12.9. The molecule has 1 aliphatic carbocycles. The molecule has 0 aromatic heterocycles. The lowest BCUT2D eigenvalue weighted by Crippen LogP contribution is -2.50. The molecule has 1 aliphatic rings. The third-order valence-corrected chi connectivity index (χ3v) is 3.45. The van der Waals surface area contributed by atoms with Crippen molar-refractivity contribution in [3.8, 4) is 0 Å². The molecule has 0 aromatic carbocycles. The molecular formula is C13H26N2. The van der Waals surface area contributed by atoms with Crippen LogP contribution in [0.3, 0.4) is 0 Å². The zero-order valence-corrected chi connectivity index (χ0v) is 10.3. The van der Waals surface area contributed by atoms with Crippen LogP contribution >= 0.6 is 0 Å². The summed E-state index contributed by atoms with van der Waals surface area (Å²) < 4.78 is 0. The van der Waals surface area contributed by atoms with E-state index in [1.807, 2.05) is 6.08 Å². The van der Waals surface area contributed by atoms with Gasteiger partial charge in [0.15, 0.2) is 0 Å². The van der Waals surface area contributed by atoms with E-state index in [1.165, 1.54) is 25.8 Å². The SMILES string of the molecule is C=CCN(CC)C1CCC1CNCCC. The molecule has 2 nitrogen and oxygen atoms in total. The number of hydrogen-bond donors (Lipinski definition) is 1. The molecule has 2 unspecified atom stereocenters. The van der Waals surface area contributed by atoms with Crippen molar-refractivity contribution >= 4 is 0 Å². The van der Waals surface area contributed by atoms with Crippen molar-refractivity contribution in [3.05, 3.63) is 12.7 Å². The van der Waals surface area contributed by atoms with E-state index in [2.05, 4.69) is 30.6 Å². The second kappa shape index (κ2) is 7.02. The number of hydrogen-bond acceptors (Lipinski definition) is 2. The fraction of sp³-hybridized carbons (Fsp3) is 0.846. The molecule has 0 aromatic rings. The van der Waals surface area contributed by atoms with Crippen molar-refractivity contribution in [2.75, 3.05) is 26.2 Å². The van der Waals surface area contributed by atoms with Gasteiger partial charge < -0.3 is 5.32 Å². The molecule has 2 atom stereocenters. The Kier molecular flexibility index (Phi) is 5.96. The Hall–Kier alpha value is -0.340. The summed E-state index contributed by atoms with van der Waals surface area (Å²) in [6, 6.07) is 0.803. The predicted molar refractivity (Wildman–Crippen MR) is 67.1 cm³/mol. The summed E-state index contributed by atoms with van der Waals surface area (Å²) in [7, 11) is 0. The first-order valence-electron chi connectivity index (χ1n) is 6.39. The Morgan fingerprint density at radius 1 is 1.40 bits per heavy atom. The average molecular weight is 210 g/mol. The molecule has 2 heteroatoms. The minimum Gasteiger partial charge on any atom is -0.316 e. The molecule has 0 bridgehead atoms. The van der Waals surface area contributed by atoms with Crippen LogP contribution in [0, 0.1) is 5.92 Å². The lowest BCUT2D eigenvalue weighted by molar-refractivity contribution is 0.0760. The first kappa shape index (κ1) is 12.7. The number of rotatable bonds is 8. The van der Waals surface area contributed by atoms with Crippen molar-refractivity contribution in [3.63, 3.8) is 0 Å². The van der Waals surface area contributed by atoms with E-state index in [1.54, 1.807) is 0 Å². The number of likely N-dealkylation sites (N-methyl/N-ethyl adjacent to an activating group) is 1. The van der Waals surface area contributed by atoms with Gasteiger partial charge in [-0.15, -0.1) is 6.58 Å². The quantitative estimate of drug-likeness (QED) is 0.488. The van der Waals surface area contributed by atoms with E-state index in [0.717, 1.165) is 31.6 Å². The molecule has 0 aliphatic heterocycles. The van der Waals surface area contributed by atoms with Crippen molar-refractivity contribution in [2.24, 2.45) is 5.92 Å². The normalized spacial score (nSPS) is 25.3. The van der Waals surface area contributed by atoms with E-state index in [4.69, 9.17) is 0 Å². The van der Waals surface area contributed by atoms with Gasteiger partial charge in [-0.2, -0.15) is 0 Å². The van der Waals surface area contributed by atoms with Crippen LogP contribution in [0.2, 0.25) is 0 Å². The maximum absolute atomic E-state index is 3.83. The summed E-state index contributed by atoms with van der Waals surface area (Å²) in [5.74, 6) is 0.872. The fourth-order valence-electron chi connectivity index (χ4n) is 2.40. The van der Waals surface area contributed by atoms with Crippen LogP contribution in [0.4, 0.5) is 0 Å². The van der Waals surface area contributed by atoms with Gasteiger partial charge in [-0.25, -0.2) is 0 Å². The van der Waals surface area contributed by atoms with Gasteiger partial charge in [-0.1, -0.05) is 19.9 Å². The summed E-state index contributed by atoms with van der Waals surface area (Å²) in [6.07, 6.45) is 6.04. The third kappa shape index (κ3) is 3.62. The molecule has 1 rings (SSSR count). The molecule has 15 heavy (non-hydrogen) atoms. The van der Waals surface area contributed by atoms with Gasteiger partial charge in [-0.3, -0.25) is 4.90 Å². The standard InChI is InChI=1S/C13H26N2/c1-4-9-14-11-12-7-8-13(12)15(6-3)10-5-2/h5,12-14H,2,4,6-11H2,1,3H3. The smallest absolute Gasteiger partial charge is 0.0163 e. The van der Waals surface area contributed by atoms with Crippen molar-refractivity contribution in [2.45, 2.75) is 39.2 Å². The summed E-state index contributed by atoms with van der Waals surface area (Å²) in [5.41, 5.74) is 0. The van der Waals surface area contributed by atoms with Gasteiger partial charge in [0.05, 0.1) is 0 Å². The van der Waals surface area contributed by atoms with Gasteiger partial charge in [-0.05, 0) is 44.8 Å². The van der Waals surface area contributed by atoms with Crippen LogP contribution in [0.15, 0.2) is 12.7 Å². The molecule has 1 N–H and O–H groups in total. The fourth-order valence-corrected chi connectivity index (χ4v) is 2.40. The molecule has 0 spiro atoms. The van der Waals surface area contributed by atoms with Crippen LogP contribution in [0.5, 0.6) is 0 Å². The Bertz CT molecular complexity index is 179. The molecular weight excluding hydrogens is 184 g/mol. The lowest BCUT2D eigenvalue weighted by atomic mass is 9.78. The van der Waals surface area contributed by atoms with Crippen LogP contribution in [-0.4, -0.2) is 37.1 Å². The number of nitrogens with one attached hydrogen (secondary N) is 1. The Balaban J connectivity index is 2.25. The number of nitrogens with zero attached hydrogens (tertiary/aromatic N) is 1. The highest BCUT2D eigenvalue weighted by atomic mass is 15.2. The summed E-state index contributed by atoms with van der Waals surface area (Å²) in [4.78, 5) is 2.55. The highest BCUT2D eigenvalue weighted by molar-refractivity contribution is 4.91. The van der Waals surface area contributed by atoms with Crippen LogP contribution in [0.25, 0.3) is 0 Å². The Morgan fingerprint density at radius 2 is 2.20 bits per heavy atom. The Morgan fingerprint density at radius 3 is 2.67 bits per heavy atom. The maximum atomic E-state index is 3.83. The molecule has 0 amide bonds. The minimum absolute atomic E-state index is 0.803. The third-order valence-electron chi connectivity index (χ3n) is 3.45. The molecule has 1 saturated carbocycles. The molecule has 0 saturated heterocycles. The first-order chi connectivity index (χ1) is 7.33. The summed E-state index contributed by atoms with van der Waals surface area (Å²) >= 11 is 0. The van der Waals surface area contributed by atoms with E-state index in [9.17, 15) is 0 Å². The monoisotopic (exact) mass is 210 g/mol. The van der Waals surface area contributed by atoms with Crippen molar-refractivity contribution in [1.82, 2.24) is 10.2 Å². The van der Waals surface area contributed by atoms with E-state index >= 15 is 0 Å². The minimum atomic E-state index is 0.803. The van der Waals surface area contributed by atoms with E-state index < -0.39 is 0 Å². The average Bonchev–Trinajstić information content (AvgIpc) is 2.22. The van der Waals surface area contributed by atoms with Crippen LogP contribution in [0.1, 0.15) is 33.1 Å².